The van der Waals surface area contributed by atoms with Crippen molar-refractivity contribution in [3.05, 3.63) is 29.3 Å². The number of aryl methyl sites for hydroxylation is 2. The van der Waals surface area contributed by atoms with Gasteiger partial charge in [0.25, 0.3) is 0 Å². The number of carbonyl (C=O) groups is 2. The van der Waals surface area contributed by atoms with Crippen LogP contribution < -0.4 is 4.90 Å². The third-order valence-corrected chi connectivity index (χ3v) is 4.57. The number of amides is 2. The molecule has 0 N–H and O–H groups in total. The highest BCUT2D eigenvalue weighted by molar-refractivity contribution is 5.99. The molecule has 2 aliphatic rings. The number of fused-ring (bicyclic) bond motifs is 1. The summed E-state index contributed by atoms with van der Waals surface area (Å²) in [7, 11) is 0. The molecule has 2 aliphatic heterocycles. The molecule has 2 heterocycles. The minimum atomic E-state index is -0.176. The molecule has 1 atom stereocenters. The Labute approximate surface area is 125 Å². The van der Waals surface area contributed by atoms with Crippen molar-refractivity contribution in [1.29, 1.82) is 0 Å². The molecule has 0 aromatic heterocycles. The fourth-order valence-corrected chi connectivity index (χ4v) is 3.42. The van der Waals surface area contributed by atoms with Crippen LogP contribution >= 0.6 is 0 Å². The number of anilines is 1. The molecule has 0 bridgehead atoms. The first-order valence-electron chi connectivity index (χ1n) is 7.79. The largest absolute Gasteiger partial charge is 0.342 e. The first kappa shape index (κ1) is 14.1. The number of hydrogen-bond acceptors (Lipinski definition) is 2. The maximum absolute atomic E-state index is 12.8. The molecule has 1 fully saturated rings. The van der Waals surface area contributed by atoms with Crippen molar-refractivity contribution in [3.63, 3.8) is 0 Å². The van der Waals surface area contributed by atoms with Crippen LogP contribution in [0.15, 0.2) is 18.2 Å². The van der Waals surface area contributed by atoms with Crippen molar-refractivity contribution in [1.82, 2.24) is 4.90 Å². The van der Waals surface area contributed by atoms with E-state index in [1.807, 2.05) is 11.8 Å². The molecule has 1 aromatic rings. The molecule has 2 amide bonds. The van der Waals surface area contributed by atoms with Crippen LogP contribution in [0.5, 0.6) is 0 Å². The van der Waals surface area contributed by atoms with Gasteiger partial charge in [0.1, 0.15) is 0 Å². The van der Waals surface area contributed by atoms with E-state index in [0.717, 1.165) is 25.1 Å². The Bertz CT molecular complexity index is 582. The van der Waals surface area contributed by atoms with Crippen LogP contribution in [-0.4, -0.2) is 36.3 Å². The Balaban J connectivity index is 1.82. The third-order valence-electron chi connectivity index (χ3n) is 4.57. The number of carbonyl (C=O) groups excluding carboxylic acids is 2. The van der Waals surface area contributed by atoms with Crippen LogP contribution in [0.3, 0.4) is 0 Å². The highest BCUT2D eigenvalue weighted by Crippen LogP contribution is 2.31. The molecule has 4 heteroatoms. The molecule has 0 saturated carbocycles. The topological polar surface area (TPSA) is 40.6 Å². The van der Waals surface area contributed by atoms with Gasteiger partial charge in [-0.1, -0.05) is 17.7 Å². The molecular formula is C17H22N2O2. The highest BCUT2D eigenvalue weighted by Gasteiger charge is 2.37. The van der Waals surface area contributed by atoms with Crippen LogP contribution in [0.2, 0.25) is 0 Å². The summed E-state index contributed by atoms with van der Waals surface area (Å²) in [5.41, 5.74) is 3.53. The molecule has 112 valence electrons. The molecule has 21 heavy (non-hydrogen) atoms. The van der Waals surface area contributed by atoms with Gasteiger partial charge in [-0.05, 0) is 38.3 Å². The fraction of sp³-hybridized carbons (Fsp3) is 0.529. The number of hydrogen-bond donors (Lipinski definition) is 0. The number of rotatable bonds is 2. The van der Waals surface area contributed by atoms with Crippen molar-refractivity contribution >= 4 is 17.5 Å². The lowest BCUT2D eigenvalue weighted by Gasteiger charge is -2.31. The molecule has 0 spiro atoms. The van der Waals surface area contributed by atoms with Gasteiger partial charge in [0, 0.05) is 31.7 Å². The van der Waals surface area contributed by atoms with Crippen molar-refractivity contribution in [2.75, 3.05) is 24.5 Å². The van der Waals surface area contributed by atoms with Crippen LogP contribution in [0.25, 0.3) is 0 Å². The minimum absolute atomic E-state index is 0.108. The fourth-order valence-electron chi connectivity index (χ4n) is 3.42. The van der Waals surface area contributed by atoms with E-state index in [2.05, 4.69) is 25.1 Å². The zero-order valence-electron chi connectivity index (χ0n) is 12.8. The van der Waals surface area contributed by atoms with E-state index in [1.54, 1.807) is 4.90 Å². The second kappa shape index (κ2) is 5.51. The monoisotopic (exact) mass is 286 g/mol. The van der Waals surface area contributed by atoms with Gasteiger partial charge in [0.15, 0.2) is 0 Å². The second-order valence-corrected chi connectivity index (χ2v) is 6.06. The van der Waals surface area contributed by atoms with E-state index in [4.69, 9.17) is 0 Å². The van der Waals surface area contributed by atoms with E-state index < -0.39 is 0 Å². The van der Waals surface area contributed by atoms with Gasteiger partial charge in [-0.3, -0.25) is 9.59 Å². The Morgan fingerprint density at radius 2 is 2.19 bits per heavy atom. The van der Waals surface area contributed by atoms with Gasteiger partial charge >= 0.3 is 0 Å². The van der Waals surface area contributed by atoms with E-state index in [0.29, 0.717) is 19.5 Å². The summed E-state index contributed by atoms with van der Waals surface area (Å²) in [4.78, 5) is 28.3. The Hall–Kier alpha value is -1.84. The summed E-state index contributed by atoms with van der Waals surface area (Å²) in [6.07, 6.45) is 2.40. The quantitative estimate of drug-likeness (QED) is 0.836. The zero-order valence-corrected chi connectivity index (χ0v) is 12.8. The number of benzene rings is 1. The van der Waals surface area contributed by atoms with Crippen LogP contribution in [0, 0.1) is 12.8 Å². The van der Waals surface area contributed by atoms with Crippen molar-refractivity contribution in [3.8, 4) is 0 Å². The standard InChI is InChI=1S/C17H22N2O2/c1-3-18-11-14(10-16(18)20)17(21)19-8-4-5-13-9-12(2)6-7-15(13)19/h6-7,9,14H,3-5,8,10-11H2,1-2H3. The maximum Gasteiger partial charge on any atom is 0.232 e. The van der Waals surface area contributed by atoms with Gasteiger partial charge in [-0.2, -0.15) is 0 Å². The molecular weight excluding hydrogens is 264 g/mol. The summed E-state index contributed by atoms with van der Waals surface area (Å²) in [6.45, 7) is 6.08. The van der Waals surface area contributed by atoms with Crippen LogP contribution in [-0.2, 0) is 16.0 Å². The Morgan fingerprint density at radius 1 is 1.38 bits per heavy atom. The average molecular weight is 286 g/mol. The van der Waals surface area contributed by atoms with Crippen molar-refractivity contribution < 1.29 is 9.59 Å². The summed E-state index contributed by atoms with van der Waals surface area (Å²) in [5.74, 6) is 0.0470. The molecule has 1 saturated heterocycles. The maximum atomic E-state index is 12.8. The molecule has 1 unspecified atom stereocenters. The summed E-state index contributed by atoms with van der Waals surface area (Å²) >= 11 is 0. The lowest BCUT2D eigenvalue weighted by Crippen LogP contribution is -2.40. The van der Waals surface area contributed by atoms with Gasteiger partial charge in [-0.15, -0.1) is 0 Å². The van der Waals surface area contributed by atoms with Crippen molar-refractivity contribution in [2.45, 2.75) is 33.1 Å². The average Bonchev–Trinajstić information content (AvgIpc) is 2.86. The van der Waals surface area contributed by atoms with Gasteiger partial charge in [-0.25, -0.2) is 0 Å². The zero-order chi connectivity index (χ0) is 15.0. The van der Waals surface area contributed by atoms with E-state index in [9.17, 15) is 9.59 Å². The lowest BCUT2D eigenvalue weighted by atomic mass is 9.97. The molecule has 3 rings (SSSR count). The van der Waals surface area contributed by atoms with Crippen LogP contribution in [0.4, 0.5) is 5.69 Å². The first-order chi connectivity index (χ1) is 10.1. The summed E-state index contributed by atoms with van der Waals surface area (Å²) < 4.78 is 0. The normalized spacial score (nSPS) is 21.6. The Morgan fingerprint density at radius 3 is 2.90 bits per heavy atom. The van der Waals surface area contributed by atoms with Gasteiger partial charge in [0.2, 0.25) is 11.8 Å². The number of likely N-dealkylation sites (tertiary alicyclic amines) is 1. The van der Waals surface area contributed by atoms with Gasteiger partial charge < -0.3 is 9.80 Å². The minimum Gasteiger partial charge on any atom is -0.342 e. The molecule has 0 aliphatic carbocycles. The second-order valence-electron chi connectivity index (χ2n) is 6.06. The van der Waals surface area contributed by atoms with Crippen molar-refractivity contribution in [2.24, 2.45) is 5.92 Å². The summed E-state index contributed by atoms with van der Waals surface area (Å²) in [6, 6.07) is 6.28. The van der Waals surface area contributed by atoms with E-state index >= 15 is 0 Å². The first-order valence-corrected chi connectivity index (χ1v) is 7.79. The smallest absolute Gasteiger partial charge is 0.232 e. The van der Waals surface area contributed by atoms with E-state index in [-0.39, 0.29) is 17.7 Å². The molecule has 0 radical (unpaired) electrons. The Kier molecular flexibility index (Phi) is 3.70. The SMILES string of the molecule is CCN1CC(C(=O)N2CCCc3cc(C)ccc32)CC1=O. The number of nitrogens with zero attached hydrogens (tertiary/aromatic N) is 2. The molecule has 1 aromatic carbocycles. The van der Waals surface area contributed by atoms with E-state index in [1.165, 1.54) is 11.1 Å². The highest BCUT2D eigenvalue weighted by atomic mass is 16.2. The van der Waals surface area contributed by atoms with Crippen LogP contribution in [0.1, 0.15) is 30.9 Å². The predicted octanol–water partition coefficient (Wildman–Crippen LogP) is 2.14. The summed E-state index contributed by atoms with van der Waals surface area (Å²) in [5, 5.41) is 0. The van der Waals surface area contributed by atoms with Gasteiger partial charge in [0.05, 0.1) is 5.92 Å². The predicted molar refractivity (Wildman–Crippen MR) is 82.2 cm³/mol. The molecule has 4 nitrogen and oxygen atoms in total. The lowest BCUT2D eigenvalue weighted by molar-refractivity contribution is -0.128. The third kappa shape index (κ3) is 2.55.